The number of rotatable bonds is 7. The molecule has 31 heavy (non-hydrogen) atoms. The molecule has 4 amide bonds. The fourth-order valence-electron chi connectivity index (χ4n) is 3.06. The molecule has 2 aromatic rings. The van der Waals surface area contributed by atoms with Crippen LogP contribution in [0.1, 0.15) is 25.0 Å². The van der Waals surface area contributed by atoms with E-state index < -0.39 is 17.8 Å². The van der Waals surface area contributed by atoms with E-state index in [-0.39, 0.29) is 12.2 Å². The molecule has 7 heteroatoms. The lowest BCUT2D eigenvalue weighted by Crippen LogP contribution is -2.54. The van der Waals surface area contributed by atoms with Gasteiger partial charge in [0, 0.05) is 0 Å². The van der Waals surface area contributed by atoms with Crippen molar-refractivity contribution < 1.29 is 23.9 Å². The number of carbonyl (C=O) groups is 3. The molecule has 2 aromatic carbocycles. The average Bonchev–Trinajstić information content (AvgIpc) is 2.76. The number of benzene rings is 2. The van der Waals surface area contributed by atoms with Crippen LogP contribution in [0.3, 0.4) is 0 Å². The Kier molecular flexibility index (Phi) is 6.73. The van der Waals surface area contributed by atoms with Crippen molar-refractivity contribution >= 4 is 29.6 Å². The Morgan fingerprint density at radius 3 is 2.42 bits per heavy atom. The summed E-state index contributed by atoms with van der Waals surface area (Å²) >= 11 is 0. The van der Waals surface area contributed by atoms with E-state index in [2.05, 4.69) is 11.2 Å². The minimum Gasteiger partial charge on any atom is -0.490 e. The summed E-state index contributed by atoms with van der Waals surface area (Å²) in [6.07, 6.45) is 7.47. The summed E-state index contributed by atoms with van der Waals surface area (Å²) < 4.78 is 11.0. The number of carbonyl (C=O) groups excluding carboxylic acids is 3. The van der Waals surface area contributed by atoms with Crippen LogP contribution in [-0.2, 0) is 16.0 Å². The smallest absolute Gasteiger partial charge is 0.335 e. The first-order valence-corrected chi connectivity index (χ1v) is 9.82. The summed E-state index contributed by atoms with van der Waals surface area (Å²) in [4.78, 5) is 38.7. The fourth-order valence-corrected chi connectivity index (χ4v) is 3.06. The van der Waals surface area contributed by atoms with E-state index in [1.165, 1.54) is 6.08 Å². The molecule has 0 unspecified atom stereocenters. The topological polar surface area (TPSA) is 84.9 Å². The number of nitrogens with one attached hydrogen (secondary N) is 1. The number of terminal acetylenes is 1. The molecule has 158 valence electrons. The monoisotopic (exact) mass is 418 g/mol. The summed E-state index contributed by atoms with van der Waals surface area (Å²) in [5, 5.41) is 2.22. The normalized spacial score (nSPS) is 14.9. The molecule has 3 rings (SSSR count). The molecular formula is C24H22N2O5. The maximum Gasteiger partial charge on any atom is 0.335 e. The molecule has 0 aromatic heterocycles. The highest BCUT2D eigenvalue weighted by Crippen LogP contribution is 2.30. The number of hydrogen-bond donors (Lipinski definition) is 1. The molecule has 0 bridgehead atoms. The molecule has 1 fully saturated rings. The van der Waals surface area contributed by atoms with Crippen LogP contribution in [0.25, 0.3) is 6.08 Å². The zero-order valence-corrected chi connectivity index (χ0v) is 17.3. The van der Waals surface area contributed by atoms with Crippen LogP contribution < -0.4 is 19.7 Å². The van der Waals surface area contributed by atoms with Crippen molar-refractivity contribution in [3.63, 3.8) is 0 Å². The predicted molar refractivity (Wildman–Crippen MR) is 117 cm³/mol. The number of hydrogen-bond acceptors (Lipinski definition) is 5. The van der Waals surface area contributed by atoms with E-state index in [0.29, 0.717) is 29.4 Å². The number of nitrogens with zero attached hydrogens (tertiary/aromatic N) is 1. The summed E-state index contributed by atoms with van der Waals surface area (Å²) in [5.41, 5.74) is 1.81. The van der Waals surface area contributed by atoms with Crippen LogP contribution in [0.15, 0.2) is 48.0 Å². The molecule has 0 atom stereocenters. The summed E-state index contributed by atoms with van der Waals surface area (Å²) in [6, 6.07) is 11.2. The molecule has 0 aliphatic carbocycles. The van der Waals surface area contributed by atoms with Gasteiger partial charge in [-0.3, -0.25) is 14.9 Å². The third kappa shape index (κ3) is 4.75. The van der Waals surface area contributed by atoms with Crippen LogP contribution >= 0.6 is 0 Å². The Bertz CT molecular complexity index is 1080. The third-order valence-corrected chi connectivity index (χ3v) is 4.59. The summed E-state index contributed by atoms with van der Waals surface area (Å²) in [5.74, 6) is 1.80. The molecule has 1 heterocycles. The van der Waals surface area contributed by atoms with Crippen molar-refractivity contribution in [3.8, 4) is 23.8 Å². The first-order chi connectivity index (χ1) is 15.0. The van der Waals surface area contributed by atoms with Gasteiger partial charge in [-0.1, -0.05) is 31.0 Å². The lowest BCUT2D eigenvalue weighted by atomic mass is 10.1. The van der Waals surface area contributed by atoms with Gasteiger partial charge in [-0.15, -0.1) is 6.42 Å². The van der Waals surface area contributed by atoms with Crippen LogP contribution in [0.4, 0.5) is 10.5 Å². The Morgan fingerprint density at radius 1 is 1.03 bits per heavy atom. The minimum atomic E-state index is -0.788. The zero-order chi connectivity index (χ0) is 22.4. The number of aryl methyl sites for hydroxylation is 1. The van der Waals surface area contributed by atoms with Crippen LogP contribution in [0.5, 0.6) is 11.5 Å². The second-order valence-electron chi connectivity index (χ2n) is 6.61. The molecule has 1 saturated heterocycles. The SMILES string of the molecule is C#CCOc1ccc(/C=C2/C(=O)NC(=O)N(c3ccc(CC)cc3)C2=O)cc1OCC. The maximum atomic E-state index is 13.0. The molecule has 1 aliphatic heterocycles. The van der Waals surface area contributed by atoms with Crippen LogP contribution in [0.2, 0.25) is 0 Å². The Labute approximate surface area is 180 Å². The molecule has 0 radical (unpaired) electrons. The number of barbiturate groups is 1. The second kappa shape index (κ2) is 9.63. The van der Waals surface area contributed by atoms with E-state index in [9.17, 15) is 14.4 Å². The fraction of sp³-hybridized carbons (Fsp3) is 0.208. The summed E-state index contributed by atoms with van der Waals surface area (Å²) in [7, 11) is 0. The Balaban J connectivity index is 1.95. The largest absolute Gasteiger partial charge is 0.490 e. The van der Waals surface area contributed by atoms with Crippen molar-refractivity contribution in [1.29, 1.82) is 0 Å². The van der Waals surface area contributed by atoms with Gasteiger partial charge < -0.3 is 9.47 Å². The van der Waals surface area contributed by atoms with Gasteiger partial charge in [0.15, 0.2) is 11.5 Å². The number of imide groups is 2. The Hall–Kier alpha value is -4.05. The van der Waals surface area contributed by atoms with Crippen molar-refractivity contribution in [2.24, 2.45) is 0 Å². The second-order valence-corrected chi connectivity index (χ2v) is 6.61. The molecule has 7 nitrogen and oxygen atoms in total. The van der Waals surface area contributed by atoms with Gasteiger partial charge in [-0.2, -0.15) is 0 Å². The first kappa shape index (κ1) is 21.7. The predicted octanol–water partition coefficient (Wildman–Crippen LogP) is 3.33. The standard InChI is InChI=1S/C24H22N2O5/c1-4-13-31-20-12-9-17(15-21(20)30-6-3)14-19-22(27)25-24(29)26(23(19)28)18-10-7-16(5-2)8-11-18/h1,7-12,14-15H,5-6,13H2,2-3H3,(H,25,27,29)/b19-14-. The van der Waals surface area contributed by atoms with Gasteiger partial charge >= 0.3 is 6.03 Å². The number of ether oxygens (including phenoxy) is 2. The molecular weight excluding hydrogens is 396 g/mol. The quantitative estimate of drug-likeness (QED) is 0.424. The molecule has 0 spiro atoms. The summed E-state index contributed by atoms with van der Waals surface area (Å²) in [6.45, 7) is 4.30. The van der Waals surface area contributed by atoms with Gasteiger partial charge in [0.1, 0.15) is 12.2 Å². The van der Waals surface area contributed by atoms with Crippen molar-refractivity contribution in [3.05, 3.63) is 59.2 Å². The van der Waals surface area contributed by atoms with Gasteiger partial charge in [0.2, 0.25) is 0 Å². The molecule has 1 N–H and O–H groups in total. The van der Waals surface area contributed by atoms with Gasteiger partial charge in [-0.25, -0.2) is 9.69 Å². The van der Waals surface area contributed by atoms with Crippen LogP contribution in [0, 0.1) is 12.3 Å². The third-order valence-electron chi connectivity index (χ3n) is 4.59. The number of urea groups is 1. The van der Waals surface area contributed by atoms with Gasteiger partial charge in [0.25, 0.3) is 11.8 Å². The number of anilines is 1. The average molecular weight is 418 g/mol. The van der Waals surface area contributed by atoms with E-state index in [4.69, 9.17) is 15.9 Å². The van der Waals surface area contributed by atoms with E-state index in [1.807, 2.05) is 26.0 Å². The minimum absolute atomic E-state index is 0.0787. The Morgan fingerprint density at radius 2 is 1.77 bits per heavy atom. The lowest BCUT2D eigenvalue weighted by molar-refractivity contribution is -0.122. The highest BCUT2D eigenvalue weighted by molar-refractivity contribution is 6.39. The highest BCUT2D eigenvalue weighted by atomic mass is 16.5. The van der Waals surface area contributed by atoms with Crippen molar-refractivity contribution in [1.82, 2.24) is 5.32 Å². The van der Waals surface area contributed by atoms with Crippen molar-refractivity contribution in [2.45, 2.75) is 20.3 Å². The highest BCUT2D eigenvalue weighted by Gasteiger charge is 2.36. The van der Waals surface area contributed by atoms with Crippen LogP contribution in [-0.4, -0.2) is 31.1 Å². The lowest BCUT2D eigenvalue weighted by Gasteiger charge is -2.26. The molecule has 0 saturated carbocycles. The van der Waals surface area contributed by atoms with E-state index in [1.54, 1.807) is 30.3 Å². The van der Waals surface area contributed by atoms with E-state index in [0.717, 1.165) is 16.9 Å². The number of amides is 4. The maximum absolute atomic E-state index is 13.0. The van der Waals surface area contributed by atoms with Crippen molar-refractivity contribution in [2.75, 3.05) is 18.1 Å². The first-order valence-electron chi connectivity index (χ1n) is 9.82. The van der Waals surface area contributed by atoms with Gasteiger partial charge in [0.05, 0.1) is 12.3 Å². The van der Waals surface area contributed by atoms with Gasteiger partial charge in [-0.05, 0) is 54.8 Å². The molecule has 1 aliphatic rings. The zero-order valence-electron chi connectivity index (χ0n) is 17.3. The van der Waals surface area contributed by atoms with E-state index >= 15 is 0 Å².